The zero-order valence-corrected chi connectivity index (χ0v) is 22.7. The van der Waals surface area contributed by atoms with Crippen LogP contribution < -0.4 is 5.43 Å². The molecule has 4 aromatic heterocycles. The zero-order chi connectivity index (χ0) is 27.6. The third kappa shape index (κ3) is 4.62. The molecule has 2 atom stereocenters. The Labute approximate surface area is 231 Å². The number of rotatable bonds is 5. The highest BCUT2D eigenvalue weighted by Gasteiger charge is 2.38. The lowest BCUT2D eigenvalue weighted by Crippen LogP contribution is -2.47. The van der Waals surface area contributed by atoms with Crippen LogP contribution in [0.3, 0.4) is 0 Å². The minimum Gasteiger partial charge on any atom is -0.342 e. The molecule has 40 heavy (non-hydrogen) atoms. The third-order valence-electron chi connectivity index (χ3n) is 7.98. The molecule has 1 aromatic carbocycles. The second-order valence-corrected chi connectivity index (χ2v) is 10.3. The van der Waals surface area contributed by atoms with Crippen LogP contribution in [0.2, 0.25) is 0 Å². The van der Waals surface area contributed by atoms with Crippen molar-refractivity contribution < 1.29 is 9.59 Å². The largest absolute Gasteiger partial charge is 0.345 e. The van der Waals surface area contributed by atoms with E-state index in [-0.39, 0.29) is 11.8 Å². The molecule has 5 aromatic rings. The van der Waals surface area contributed by atoms with Crippen LogP contribution in [0.4, 0.5) is 4.79 Å². The van der Waals surface area contributed by atoms with Gasteiger partial charge in [-0.15, -0.1) is 0 Å². The van der Waals surface area contributed by atoms with E-state index in [9.17, 15) is 9.59 Å². The molecule has 0 bridgehead atoms. The Morgan fingerprint density at radius 1 is 1.10 bits per heavy atom. The van der Waals surface area contributed by atoms with Gasteiger partial charge in [0.05, 0.1) is 5.52 Å². The summed E-state index contributed by atoms with van der Waals surface area (Å²) in [6.07, 6.45) is 15.8. The SMILES string of the molecule is CCCN1CCC[C@@H]2c3cccc4c3c(c(C)n4NC(=O)n3ccnc3)C[C@H]21.O=C(c1ncc[nH]1)c1ncc[nH]1. The summed E-state index contributed by atoms with van der Waals surface area (Å²) < 4.78 is 3.44. The van der Waals surface area contributed by atoms with Gasteiger partial charge in [0, 0.05) is 60.2 Å². The molecule has 2 aliphatic rings. The molecule has 11 heteroatoms. The van der Waals surface area contributed by atoms with Crippen LogP contribution in [0.25, 0.3) is 10.9 Å². The number of benzene rings is 1. The maximum atomic E-state index is 12.6. The van der Waals surface area contributed by atoms with Crippen molar-refractivity contribution in [1.82, 2.24) is 39.1 Å². The number of hydrogen-bond acceptors (Lipinski definition) is 6. The fraction of sp³-hybridized carbons (Fsp3) is 0.345. The first-order valence-corrected chi connectivity index (χ1v) is 13.8. The van der Waals surface area contributed by atoms with Gasteiger partial charge in [-0.2, -0.15) is 0 Å². The maximum absolute atomic E-state index is 12.6. The molecule has 1 aliphatic carbocycles. The molecule has 5 heterocycles. The normalized spacial score (nSPS) is 18.1. The van der Waals surface area contributed by atoms with Crippen molar-refractivity contribution >= 4 is 22.7 Å². The van der Waals surface area contributed by atoms with Crippen molar-refractivity contribution in [2.45, 2.75) is 51.5 Å². The first-order valence-electron chi connectivity index (χ1n) is 13.8. The van der Waals surface area contributed by atoms with E-state index in [4.69, 9.17) is 0 Å². The fourth-order valence-corrected chi connectivity index (χ4v) is 6.23. The third-order valence-corrected chi connectivity index (χ3v) is 7.98. The number of amides is 1. The first kappa shape index (κ1) is 25.8. The molecule has 0 saturated carbocycles. The van der Waals surface area contributed by atoms with Gasteiger partial charge in [0.2, 0.25) is 0 Å². The Kier molecular flexibility index (Phi) is 7.04. The van der Waals surface area contributed by atoms with Gasteiger partial charge in [0.25, 0.3) is 5.78 Å². The number of likely N-dealkylation sites (tertiary alicyclic amines) is 1. The summed E-state index contributed by atoms with van der Waals surface area (Å²) in [5.74, 6) is 0.955. The van der Waals surface area contributed by atoms with Crippen LogP contribution in [-0.2, 0) is 6.42 Å². The molecular weight excluding hydrogens is 506 g/mol. The van der Waals surface area contributed by atoms with Gasteiger partial charge in [0.1, 0.15) is 6.33 Å². The van der Waals surface area contributed by atoms with E-state index in [1.54, 1.807) is 24.8 Å². The fourth-order valence-electron chi connectivity index (χ4n) is 6.23. The van der Waals surface area contributed by atoms with Crippen LogP contribution in [0.5, 0.6) is 0 Å². The second kappa shape index (κ2) is 10.9. The Balaban J connectivity index is 0.000000201. The van der Waals surface area contributed by atoms with Crippen LogP contribution in [0.1, 0.15) is 65.4 Å². The van der Waals surface area contributed by atoms with Crippen LogP contribution in [0, 0.1) is 6.92 Å². The van der Waals surface area contributed by atoms with Gasteiger partial charge in [-0.05, 0) is 62.9 Å². The number of ketones is 1. The highest BCUT2D eigenvalue weighted by Crippen LogP contribution is 2.45. The van der Waals surface area contributed by atoms with Crippen molar-refractivity contribution in [2.75, 3.05) is 18.5 Å². The number of fused-ring (bicyclic) bond motifs is 2. The predicted octanol–water partition coefficient (Wildman–Crippen LogP) is 4.24. The second-order valence-electron chi connectivity index (χ2n) is 10.3. The van der Waals surface area contributed by atoms with Crippen molar-refractivity contribution in [2.24, 2.45) is 0 Å². The van der Waals surface area contributed by atoms with Gasteiger partial charge >= 0.3 is 6.03 Å². The first-order chi connectivity index (χ1) is 19.6. The van der Waals surface area contributed by atoms with Crippen LogP contribution >= 0.6 is 0 Å². The van der Waals surface area contributed by atoms with Crippen molar-refractivity contribution in [3.8, 4) is 0 Å². The molecule has 1 amide bonds. The molecule has 1 saturated heterocycles. The highest BCUT2D eigenvalue weighted by molar-refractivity contribution is 6.03. The molecule has 7 rings (SSSR count). The standard InChI is InChI=1S/C22H27N5O.C7H6N4O/c1-3-10-25-11-5-7-16-17-6-4-8-19-21(17)18(13-20(16)25)15(2)27(19)24-22(28)26-12-9-23-14-26;12-5(6-8-1-2-9-6)7-10-3-4-11-7/h4,6,8-9,12,14,16,20H,3,5,7,10-11,13H2,1-2H3,(H,24,28);1-4H,(H,8,9)(H,10,11)/t16-,20-;/m1./s1. The van der Waals surface area contributed by atoms with Crippen molar-refractivity contribution in [1.29, 1.82) is 0 Å². The van der Waals surface area contributed by atoms with Gasteiger partial charge in [0.15, 0.2) is 11.6 Å². The smallest absolute Gasteiger partial charge is 0.342 e. The molecule has 1 aliphatic heterocycles. The van der Waals surface area contributed by atoms with Gasteiger partial charge in [-0.1, -0.05) is 19.1 Å². The minimum absolute atomic E-state index is 0.196. The average Bonchev–Trinajstić information content (AvgIpc) is 3.80. The van der Waals surface area contributed by atoms with Crippen molar-refractivity contribution in [3.05, 3.63) is 90.2 Å². The summed E-state index contributed by atoms with van der Waals surface area (Å²) in [4.78, 5) is 43.7. The van der Waals surface area contributed by atoms with E-state index < -0.39 is 0 Å². The van der Waals surface area contributed by atoms with Gasteiger partial charge in [-0.3, -0.25) is 18.9 Å². The van der Waals surface area contributed by atoms with Crippen molar-refractivity contribution in [3.63, 3.8) is 0 Å². The summed E-state index contributed by atoms with van der Waals surface area (Å²) in [5, 5.41) is 1.35. The van der Waals surface area contributed by atoms with Crippen LogP contribution in [0.15, 0.2) is 61.7 Å². The number of aromatic amines is 2. The number of nitrogens with one attached hydrogen (secondary N) is 3. The van der Waals surface area contributed by atoms with E-state index in [0.29, 0.717) is 23.6 Å². The lowest BCUT2D eigenvalue weighted by atomic mass is 9.74. The summed E-state index contributed by atoms with van der Waals surface area (Å²) in [6, 6.07) is 6.95. The molecule has 0 spiro atoms. The quantitative estimate of drug-likeness (QED) is 0.287. The van der Waals surface area contributed by atoms with E-state index in [1.165, 1.54) is 72.2 Å². The zero-order valence-electron chi connectivity index (χ0n) is 22.7. The van der Waals surface area contributed by atoms with E-state index >= 15 is 0 Å². The number of hydrogen-bond donors (Lipinski definition) is 3. The van der Waals surface area contributed by atoms with E-state index in [0.717, 1.165) is 17.6 Å². The number of carbonyl (C=O) groups excluding carboxylic acids is 2. The molecule has 11 nitrogen and oxygen atoms in total. The van der Waals surface area contributed by atoms with E-state index in [1.807, 2.05) is 4.68 Å². The number of nitrogens with zero attached hydrogens (tertiary/aromatic N) is 6. The molecule has 0 radical (unpaired) electrons. The Bertz CT molecular complexity index is 1560. The number of aromatic nitrogens is 7. The van der Waals surface area contributed by atoms with Crippen LogP contribution in [-0.4, -0.2) is 70.0 Å². The Morgan fingerprint density at radius 2 is 1.88 bits per heavy atom. The molecular formula is C29H33N9O2. The summed E-state index contributed by atoms with van der Waals surface area (Å²) in [7, 11) is 0. The summed E-state index contributed by atoms with van der Waals surface area (Å²) >= 11 is 0. The predicted molar refractivity (Wildman–Crippen MR) is 151 cm³/mol. The summed E-state index contributed by atoms with van der Waals surface area (Å²) in [5.41, 5.74) is 8.16. The van der Waals surface area contributed by atoms with Gasteiger partial charge in [-0.25, -0.2) is 25.2 Å². The monoisotopic (exact) mass is 539 g/mol. The van der Waals surface area contributed by atoms with Gasteiger partial charge < -0.3 is 9.97 Å². The molecule has 1 fully saturated rings. The average molecular weight is 540 g/mol. The lowest BCUT2D eigenvalue weighted by Gasteiger charge is -2.44. The van der Waals surface area contributed by atoms with E-state index in [2.05, 4.69) is 67.3 Å². The summed E-state index contributed by atoms with van der Waals surface area (Å²) in [6.45, 7) is 6.77. The number of H-pyrrole nitrogens is 2. The number of carbonyl (C=O) groups is 2. The topological polar surface area (TPSA) is 130 Å². The Morgan fingerprint density at radius 3 is 2.52 bits per heavy atom. The number of imidazole rings is 3. The maximum Gasteiger partial charge on any atom is 0.345 e. The molecule has 0 unspecified atom stereocenters. The Hall–Kier alpha value is -4.51. The molecule has 206 valence electrons. The molecule has 3 N–H and O–H groups in total. The number of piperidine rings is 1. The highest BCUT2D eigenvalue weighted by atomic mass is 16.2. The lowest BCUT2D eigenvalue weighted by molar-refractivity contribution is 0.102. The minimum atomic E-state index is -0.231.